The molecule has 5 rings (SSSR count). The van der Waals surface area contributed by atoms with Crippen molar-refractivity contribution in [2.24, 2.45) is 4.99 Å². The highest BCUT2D eigenvalue weighted by atomic mass is 35.5. The summed E-state index contributed by atoms with van der Waals surface area (Å²) in [7, 11) is 1.31. The summed E-state index contributed by atoms with van der Waals surface area (Å²) in [5, 5.41) is 4.87. The molecule has 10 heteroatoms. The first-order valence-electron chi connectivity index (χ1n) is 10.4. The van der Waals surface area contributed by atoms with Gasteiger partial charge in [0.15, 0.2) is 5.17 Å². The van der Waals surface area contributed by atoms with Crippen LogP contribution in [0.2, 0.25) is 10.0 Å². The van der Waals surface area contributed by atoms with E-state index in [4.69, 9.17) is 32.4 Å². The molecule has 1 fully saturated rings. The Morgan fingerprint density at radius 3 is 2.83 bits per heavy atom. The van der Waals surface area contributed by atoms with E-state index < -0.39 is 5.97 Å². The molecule has 7 nitrogen and oxygen atoms in total. The molecule has 1 aliphatic heterocycles. The number of ether oxygens (including phenoxy) is 1. The number of para-hydroxylation sites is 1. The molecule has 2 aromatic carbocycles. The van der Waals surface area contributed by atoms with E-state index in [-0.39, 0.29) is 11.7 Å². The van der Waals surface area contributed by atoms with Gasteiger partial charge in [-0.15, -0.1) is 0 Å². The highest BCUT2D eigenvalue weighted by molar-refractivity contribution is 8.18. The van der Waals surface area contributed by atoms with E-state index in [2.05, 4.69) is 10.3 Å². The number of amidine groups is 1. The molecule has 0 bridgehead atoms. The quantitative estimate of drug-likeness (QED) is 0.245. The summed E-state index contributed by atoms with van der Waals surface area (Å²) >= 11 is 13.5. The van der Waals surface area contributed by atoms with Crippen molar-refractivity contribution in [1.82, 2.24) is 9.88 Å². The maximum atomic E-state index is 12.7. The summed E-state index contributed by atoms with van der Waals surface area (Å²) in [5.41, 5.74) is 2.29. The molecule has 0 spiro atoms. The number of hydrogen-bond donors (Lipinski definition) is 1. The summed E-state index contributed by atoms with van der Waals surface area (Å²) in [6.45, 7) is 0.403. The molecular weight excluding hydrogens is 509 g/mol. The number of furan rings is 1. The van der Waals surface area contributed by atoms with Crippen LogP contribution in [0, 0.1) is 0 Å². The minimum Gasteiger partial charge on any atom is -0.463 e. The van der Waals surface area contributed by atoms with Gasteiger partial charge in [-0.25, -0.2) is 9.79 Å². The number of hydrogen-bond acceptors (Lipinski definition) is 6. The third kappa shape index (κ3) is 4.73. The fourth-order valence-electron chi connectivity index (χ4n) is 3.67. The fourth-order valence-corrected chi connectivity index (χ4v) is 4.84. The lowest BCUT2D eigenvalue weighted by atomic mass is 10.1. The first-order chi connectivity index (χ1) is 16.9. The fraction of sp³-hybridized carbons (Fsp3) is 0.0800. The van der Waals surface area contributed by atoms with E-state index in [1.54, 1.807) is 30.3 Å². The van der Waals surface area contributed by atoms with Gasteiger partial charge in [-0.3, -0.25) is 4.79 Å². The number of nitrogens with zero attached hydrogens (tertiary/aromatic N) is 2. The molecule has 0 unspecified atom stereocenters. The van der Waals surface area contributed by atoms with Gasteiger partial charge in [-0.05, 0) is 48.2 Å². The zero-order valence-corrected chi connectivity index (χ0v) is 20.6. The van der Waals surface area contributed by atoms with E-state index in [0.717, 1.165) is 16.5 Å². The number of methoxy groups -OCH3 is 1. The highest BCUT2D eigenvalue weighted by Gasteiger charge is 2.25. The normalized spacial score (nSPS) is 15.8. The summed E-state index contributed by atoms with van der Waals surface area (Å²) in [4.78, 5) is 29.3. The van der Waals surface area contributed by atoms with Gasteiger partial charge < -0.3 is 19.0 Å². The number of benzene rings is 2. The van der Waals surface area contributed by atoms with Crippen LogP contribution in [-0.2, 0) is 16.1 Å². The lowest BCUT2D eigenvalue weighted by Gasteiger charge is -2.02. The van der Waals surface area contributed by atoms with E-state index in [0.29, 0.717) is 38.1 Å². The van der Waals surface area contributed by atoms with Gasteiger partial charge in [0.25, 0.3) is 5.91 Å². The number of nitrogens with one attached hydrogen (secondary N) is 1. The first kappa shape index (κ1) is 23.3. The van der Waals surface area contributed by atoms with Crippen LogP contribution in [0.25, 0.3) is 17.0 Å². The SMILES string of the molecule is COC(=O)c1ccc(Cn2cc(/C=C3\SC(=Nc4cccc(Cl)c4Cl)NC3=O)c3ccccc32)o1. The van der Waals surface area contributed by atoms with Crippen LogP contribution in [0.4, 0.5) is 5.69 Å². The molecule has 0 aliphatic carbocycles. The Morgan fingerprint density at radius 2 is 2.00 bits per heavy atom. The molecule has 2 aromatic heterocycles. The van der Waals surface area contributed by atoms with Crippen LogP contribution < -0.4 is 5.32 Å². The van der Waals surface area contributed by atoms with Crippen LogP contribution in [0.15, 0.2) is 75.1 Å². The van der Waals surface area contributed by atoms with Gasteiger partial charge in [0.1, 0.15) is 5.76 Å². The zero-order chi connectivity index (χ0) is 24.5. The molecule has 176 valence electrons. The van der Waals surface area contributed by atoms with Crippen molar-refractivity contribution in [3.8, 4) is 0 Å². The minimum atomic E-state index is -0.528. The van der Waals surface area contributed by atoms with Crippen molar-refractivity contribution in [3.05, 3.63) is 92.8 Å². The first-order valence-corrected chi connectivity index (χ1v) is 12.0. The highest BCUT2D eigenvalue weighted by Crippen LogP contribution is 2.35. The maximum absolute atomic E-state index is 12.7. The molecule has 0 atom stereocenters. The molecule has 1 saturated heterocycles. The van der Waals surface area contributed by atoms with E-state index >= 15 is 0 Å². The molecular formula is C25H17Cl2N3O4S. The molecule has 0 saturated carbocycles. The molecule has 35 heavy (non-hydrogen) atoms. The number of fused-ring (bicyclic) bond motifs is 1. The van der Waals surface area contributed by atoms with Crippen LogP contribution in [0.3, 0.4) is 0 Å². The van der Waals surface area contributed by atoms with E-state index in [9.17, 15) is 9.59 Å². The third-order valence-corrected chi connectivity index (χ3v) is 7.00. The molecule has 1 N–H and O–H groups in total. The Bertz CT molecular complexity index is 1540. The summed E-state index contributed by atoms with van der Waals surface area (Å²) < 4.78 is 12.3. The topological polar surface area (TPSA) is 85.8 Å². The van der Waals surface area contributed by atoms with Crippen LogP contribution in [0.5, 0.6) is 0 Å². The second kappa shape index (κ2) is 9.65. The molecule has 0 radical (unpaired) electrons. The Hall–Kier alpha value is -3.46. The van der Waals surface area contributed by atoms with Crippen LogP contribution >= 0.6 is 35.0 Å². The van der Waals surface area contributed by atoms with Crippen molar-refractivity contribution < 1.29 is 18.7 Å². The predicted molar refractivity (Wildman–Crippen MR) is 138 cm³/mol. The Morgan fingerprint density at radius 1 is 1.17 bits per heavy atom. The average molecular weight is 526 g/mol. The van der Waals surface area contributed by atoms with E-state index in [1.165, 1.54) is 18.9 Å². The van der Waals surface area contributed by atoms with Crippen molar-refractivity contribution >= 4 is 74.7 Å². The second-order valence-electron chi connectivity index (χ2n) is 7.54. The average Bonchev–Trinajstić information content (AvgIpc) is 3.55. The summed E-state index contributed by atoms with van der Waals surface area (Å²) in [6, 6.07) is 16.3. The minimum absolute atomic E-state index is 0.145. The summed E-state index contributed by atoms with van der Waals surface area (Å²) in [5.74, 6) is -0.0320. The number of amides is 1. The van der Waals surface area contributed by atoms with Gasteiger partial charge in [0, 0.05) is 22.7 Å². The number of esters is 1. The lowest BCUT2D eigenvalue weighted by Crippen LogP contribution is -2.19. The van der Waals surface area contributed by atoms with Gasteiger partial charge in [0.2, 0.25) is 5.76 Å². The Kier molecular flexibility index (Phi) is 6.42. The molecule has 1 aliphatic rings. The monoisotopic (exact) mass is 525 g/mol. The molecule has 3 heterocycles. The smallest absolute Gasteiger partial charge is 0.373 e. The van der Waals surface area contributed by atoms with Crippen LogP contribution in [0.1, 0.15) is 21.9 Å². The number of rotatable bonds is 5. The summed E-state index contributed by atoms with van der Waals surface area (Å²) in [6.07, 6.45) is 3.76. The largest absolute Gasteiger partial charge is 0.463 e. The number of aromatic nitrogens is 1. The Labute approximate surface area is 214 Å². The van der Waals surface area contributed by atoms with Crippen molar-refractivity contribution in [2.75, 3.05) is 7.11 Å². The maximum Gasteiger partial charge on any atom is 0.373 e. The van der Waals surface area contributed by atoms with Gasteiger partial charge >= 0.3 is 5.97 Å². The van der Waals surface area contributed by atoms with Gasteiger partial charge in [0.05, 0.1) is 34.3 Å². The lowest BCUT2D eigenvalue weighted by molar-refractivity contribution is -0.115. The zero-order valence-electron chi connectivity index (χ0n) is 18.2. The number of halogens is 2. The predicted octanol–water partition coefficient (Wildman–Crippen LogP) is 6.27. The van der Waals surface area contributed by atoms with Crippen molar-refractivity contribution in [3.63, 3.8) is 0 Å². The number of carbonyl (C=O) groups is 2. The Balaban J connectivity index is 1.45. The number of aliphatic imine (C=N–C) groups is 1. The number of carbonyl (C=O) groups excluding carboxylic acids is 2. The third-order valence-electron chi connectivity index (χ3n) is 5.28. The van der Waals surface area contributed by atoms with Crippen molar-refractivity contribution in [2.45, 2.75) is 6.54 Å². The van der Waals surface area contributed by atoms with Gasteiger partial charge in [-0.2, -0.15) is 0 Å². The molecule has 4 aromatic rings. The van der Waals surface area contributed by atoms with Crippen molar-refractivity contribution in [1.29, 1.82) is 0 Å². The van der Waals surface area contributed by atoms with E-state index in [1.807, 2.05) is 41.1 Å². The second-order valence-corrected chi connectivity index (χ2v) is 9.36. The number of thioether (sulfide) groups is 1. The molecule has 1 amide bonds. The van der Waals surface area contributed by atoms with Gasteiger partial charge in [-0.1, -0.05) is 47.5 Å². The standard InChI is InChI=1S/C25H17Cl2N3O4S/c1-33-24(32)20-10-9-15(34-20)13-30-12-14(16-5-2-3-8-19(16)30)11-21-23(31)29-25(35-21)28-18-7-4-6-17(26)22(18)27/h2-12H,13H2,1H3,(H,28,29,31)/b21-11-. The van der Waals surface area contributed by atoms with Crippen LogP contribution in [-0.4, -0.2) is 28.7 Å².